The highest BCUT2D eigenvalue weighted by molar-refractivity contribution is 5.23. The van der Waals surface area contributed by atoms with E-state index in [0.29, 0.717) is 0 Å². The zero-order valence-electron chi connectivity index (χ0n) is 8.91. The molecule has 0 nitrogen and oxygen atoms in total. The van der Waals surface area contributed by atoms with E-state index in [1.54, 1.807) is 5.57 Å². The Bertz CT molecular complexity index is 272. The maximum Gasteiger partial charge on any atom is -0.0163 e. The molecule has 14 heavy (non-hydrogen) atoms. The van der Waals surface area contributed by atoms with Gasteiger partial charge in [-0.25, -0.2) is 0 Å². The Labute approximate surface area is 87.1 Å². The predicted octanol–water partition coefficient (Wildman–Crippen LogP) is 4.09. The van der Waals surface area contributed by atoms with Gasteiger partial charge in [0, 0.05) is 0 Å². The molecule has 0 heterocycles. The van der Waals surface area contributed by atoms with E-state index < -0.39 is 0 Å². The van der Waals surface area contributed by atoms with Crippen LogP contribution in [0.15, 0.2) is 23.8 Å². The maximum atomic E-state index is 2.40. The van der Waals surface area contributed by atoms with E-state index in [1.807, 2.05) is 0 Å². The number of fused-ring (bicyclic) bond motifs is 2. The molecule has 76 valence electrons. The molecule has 3 rings (SSSR count). The molecule has 0 radical (unpaired) electrons. The molecule has 3 aliphatic carbocycles. The van der Waals surface area contributed by atoms with Gasteiger partial charge in [0.05, 0.1) is 0 Å². The summed E-state index contributed by atoms with van der Waals surface area (Å²) in [5.74, 6) is 3.06. The molecular formula is C14H20. The highest BCUT2D eigenvalue weighted by Crippen LogP contribution is 2.46. The average Bonchev–Trinajstić information content (AvgIpc) is 2.26. The second kappa shape index (κ2) is 3.56. The normalized spacial score (nSPS) is 41.1. The van der Waals surface area contributed by atoms with Crippen LogP contribution < -0.4 is 0 Å². The van der Waals surface area contributed by atoms with E-state index in [0.717, 1.165) is 17.8 Å². The summed E-state index contributed by atoms with van der Waals surface area (Å²) in [6, 6.07) is 0. The Hall–Kier alpha value is -0.520. The van der Waals surface area contributed by atoms with Crippen molar-refractivity contribution in [3.63, 3.8) is 0 Å². The second-order valence-corrected chi connectivity index (χ2v) is 5.35. The van der Waals surface area contributed by atoms with Crippen molar-refractivity contribution >= 4 is 0 Å². The van der Waals surface area contributed by atoms with E-state index in [2.05, 4.69) is 18.2 Å². The minimum absolute atomic E-state index is 0.930. The molecule has 0 spiro atoms. The molecule has 0 aromatic heterocycles. The first-order valence-corrected chi connectivity index (χ1v) is 6.29. The number of hydrogen-bond donors (Lipinski definition) is 0. The van der Waals surface area contributed by atoms with Crippen LogP contribution in [0.2, 0.25) is 0 Å². The van der Waals surface area contributed by atoms with Crippen LogP contribution in [0.4, 0.5) is 0 Å². The molecule has 0 aliphatic heterocycles. The van der Waals surface area contributed by atoms with Crippen molar-refractivity contribution < 1.29 is 0 Å². The van der Waals surface area contributed by atoms with Crippen molar-refractivity contribution in [1.29, 1.82) is 0 Å². The largest absolute Gasteiger partial charge is 0.0839 e. The molecule has 3 unspecified atom stereocenters. The Morgan fingerprint density at radius 1 is 1.07 bits per heavy atom. The molecule has 0 saturated heterocycles. The van der Waals surface area contributed by atoms with Crippen molar-refractivity contribution in [2.75, 3.05) is 0 Å². The van der Waals surface area contributed by atoms with Crippen molar-refractivity contribution in [2.24, 2.45) is 17.8 Å². The van der Waals surface area contributed by atoms with Crippen LogP contribution in [0.25, 0.3) is 0 Å². The predicted molar refractivity (Wildman–Crippen MR) is 60.0 cm³/mol. The molecule has 0 amide bonds. The zero-order valence-corrected chi connectivity index (χ0v) is 8.91. The van der Waals surface area contributed by atoms with Gasteiger partial charge in [-0.05, 0) is 43.4 Å². The summed E-state index contributed by atoms with van der Waals surface area (Å²) in [4.78, 5) is 0. The van der Waals surface area contributed by atoms with Crippen molar-refractivity contribution in [3.05, 3.63) is 23.8 Å². The van der Waals surface area contributed by atoms with Gasteiger partial charge in [0.2, 0.25) is 0 Å². The smallest absolute Gasteiger partial charge is 0.0163 e. The first kappa shape index (κ1) is 8.76. The van der Waals surface area contributed by atoms with Crippen LogP contribution in [0, 0.1) is 17.8 Å². The van der Waals surface area contributed by atoms with Gasteiger partial charge in [0.1, 0.15) is 0 Å². The van der Waals surface area contributed by atoms with Gasteiger partial charge in [-0.1, -0.05) is 43.1 Å². The molecule has 2 saturated carbocycles. The van der Waals surface area contributed by atoms with Gasteiger partial charge >= 0.3 is 0 Å². The molecule has 0 aromatic rings. The standard InChI is InChI=1S/C14H20/c1-2-6-12-10-14-8-4-3-7-13(14)9-11(12)5-1/h1-2,5,12-14H,3-4,6-10H2. The zero-order chi connectivity index (χ0) is 9.38. The lowest BCUT2D eigenvalue weighted by Gasteiger charge is -2.41. The Kier molecular flexibility index (Phi) is 2.23. The highest BCUT2D eigenvalue weighted by atomic mass is 14.4. The average molecular weight is 188 g/mol. The molecule has 0 N–H and O–H groups in total. The summed E-state index contributed by atoms with van der Waals surface area (Å²) < 4.78 is 0. The van der Waals surface area contributed by atoms with Gasteiger partial charge < -0.3 is 0 Å². The van der Waals surface area contributed by atoms with Crippen LogP contribution in [-0.2, 0) is 0 Å². The summed E-state index contributed by atoms with van der Waals surface area (Å²) in [5, 5.41) is 0. The fourth-order valence-corrected chi connectivity index (χ4v) is 3.74. The summed E-state index contributed by atoms with van der Waals surface area (Å²) in [7, 11) is 0. The third kappa shape index (κ3) is 1.45. The fourth-order valence-electron chi connectivity index (χ4n) is 3.74. The van der Waals surface area contributed by atoms with E-state index in [1.165, 1.54) is 44.9 Å². The lowest BCUT2D eigenvalue weighted by Crippen LogP contribution is -2.29. The summed E-state index contributed by atoms with van der Waals surface area (Å²) >= 11 is 0. The van der Waals surface area contributed by atoms with Crippen molar-refractivity contribution in [2.45, 2.75) is 44.9 Å². The van der Waals surface area contributed by atoms with Crippen LogP contribution in [-0.4, -0.2) is 0 Å². The van der Waals surface area contributed by atoms with E-state index in [-0.39, 0.29) is 0 Å². The van der Waals surface area contributed by atoms with Crippen LogP contribution >= 0.6 is 0 Å². The number of hydrogen-bond acceptors (Lipinski definition) is 0. The van der Waals surface area contributed by atoms with Gasteiger partial charge in [-0.15, -0.1) is 0 Å². The summed E-state index contributed by atoms with van der Waals surface area (Å²) in [6.07, 6.45) is 17.3. The van der Waals surface area contributed by atoms with Crippen molar-refractivity contribution in [1.82, 2.24) is 0 Å². The number of rotatable bonds is 0. The van der Waals surface area contributed by atoms with E-state index >= 15 is 0 Å². The molecule has 3 aliphatic rings. The first-order chi connectivity index (χ1) is 6.93. The quantitative estimate of drug-likeness (QED) is 0.537. The lowest BCUT2D eigenvalue weighted by atomic mass is 9.64. The van der Waals surface area contributed by atoms with Crippen LogP contribution in [0.3, 0.4) is 0 Å². The highest BCUT2D eigenvalue weighted by Gasteiger charge is 2.34. The number of allylic oxidation sites excluding steroid dienone is 4. The van der Waals surface area contributed by atoms with Crippen LogP contribution in [0.1, 0.15) is 44.9 Å². The first-order valence-electron chi connectivity index (χ1n) is 6.29. The third-order valence-corrected chi connectivity index (χ3v) is 4.54. The minimum atomic E-state index is 0.930. The molecular weight excluding hydrogens is 168 g/mol. The molecule has 3 atom stereocenters. The SMILES string of the molecule is C1=CCC2CC3CCCCC3CC2=C1. The topological polar surface area (TPSA) is 0 Å². The van der Waals surface area contributed by atoms with Gasteiger partial charge in [-0.3, -0.25) is 0 Å². The van der Waals surface area contributed by atoms with E-state index in [9.17, 15) is 0 Å². The summed E-state index contributed by atoms with van der Waals surface area (Å²) in [6.45, 7) is 0. The Balaban J connectivity index is 1.78. The molecule has 0 heteroatoms. The second-order valence-electron chi connectivity index (χ2n) is 5.35. The monoisotopic (exact) mass is 188 g/mol. The Morgan fingerprint density at radius 3 is 2.86 bits per heavy atom. The van der Waals surface area contributed by atoms with Crippen molar-refractivity contribution in [3.8, 4) is 0 Å². The third-order valence-electron chi connectivity index (χ3n) is 4.54. The lowest BCUT2D eigenvalue weighted by molar-refractivity contribution is 0.168. The van der Waals surface area contributed by atoms with Crippen LogP contribution in [0.5, 0.6) is 0 Å². The molecule has 0 aromatic carbocycles. The summed E-state index contributed by atoms with van der Waals surface area (Å²) in [5.41, 5.74) is 1.77. The van der Waals surface area contributed by atoms with E-state index in [4.69, 9.17) is 0 Å². The molecule has 0 bridgehead atoms. The maximum absolute atomic E-state index is 2.40. The minimum Gasteiger partial charge on any atom is -0.0839 e. The molecule has 2 fully saturated rings. The fraction of sp³-hybridized carbons (Fsp3) is 0.714. The van der Waals surface area contributed by atoms with Gasteiger partial charge in [-0.2, -0.15) is 0 Å². The Morgan fingerprint density at radius 2 is 1.93 bits per heavy atom. The van der Waals surface area contributed by atoms with Gasteiger partial charge in [0.15, 0.2) is 0 Å². The van der Waals surface area contributed by atoms with Gasteiger partial charge in [0.25, 0.3) is 0 Å².